The van der Waals surface area contributed by atoms with E-state index in [9.17, 15) is 0 Å². The summed E-state index contributed by atoms with van der Waals surface area (Å²) in [6.45, 7) is 4.23. The van der Waals surface area contributed by atoms with Crippen molar-refractivity contribution >= 4 is 29.1 Å². The van der Waals surface area contributed by atoms with Gasteiger partial charge in [0.2, 0.25) is 5.16 Å². The van der Waals surface area contributed by atoms with Crippen LogP contribution in [0, 0.1) is 0 Å². The molecule has 0 amide bonds. The SMILES string of the molecule is CC(C)Sc1nc2nc3c(c(Cl)n2n1)CCC3. The lowest BCUT2D eigenvalue weighted by molar-refractivity contribution is 0.863. The van der Waals surface area contributed by atoms with Crippen LogP contribution in [-0.4, -0.2) is 24.8 Å². The quantitative estimate of drug-likeness (QED) is 0.621. The molecule has 0 radical (unpaired) electrons. The Bertz CT molecular complexity index is 578. The molecule has 2 heterocycles. The van der Waals surface area contributed by atoms with E-state index in [1.165, 1.54) is 0 Å². The Morgan fingerprint density at radius 3 is 2.88 bits per heavy atom. The van der Waals surface area contributed by atoms with E-state index in [-0.39, 0.29) is 0 Å². The monoisotopic (exact) mass is 268 g/mol. The van der Waals surface area contributed by atoms with Gasteiger partial charge in [-0.2, -0.15) is 9.50 Å². The number of thioether (sulfide) groups is 1. The maximum Gasteiger partial charge on any atom is 0.254 e. The maximum atomic E-state index is 6.35. The molecular formula is C11H13ClN4S. The van der Waals surface area contributed by atoms with Crippen molar-refractivity contribution < 1.29 is 0 Å². The summed E-state index contributed by atoms with van der Waals surface area (Å²) in [5, 5.41) is 6.29. The Morgan fingerprint density at radius 2 is 2.12 bits per heavy atom. The van der Waals surface area contributed by atoms with Crippen LogP contribution in [0.4, 0.5) is 0 Å². The molecular weight excluding hydrogens is 256 g/mol. The lowest BCUT2D eigenvalue weighted by Gasteiger charge is -2.02. The highest BCUT2D eigenvalue weighted by molar-refractivity contribution is 7.99. The van der Waals surface area contributed by atoms with Crippen molar-refractivity contribution in [1.82, 2.24) is 19.6 Å². The summed E-state index contributed by atoms with van der Waals surface area (Å²) in [6.07, 6.45) is 3.14. The Balaban J connectivity index is 2.14. The predicted molar refractivity (Wildman–Crippen MR) is 68.8 cm³/mol. The first kappa shape index (κ1) is 11.3. The Labute approximate surface area is 109 Å². The van der Waals surface area contributed by atoms with E-state index in [1.54, 1.807) is 16.3 Å². The Morgan fingerprint density at radius 1 is 1.29 bits per heavy atom. The molecule has 17 heavy (non-hydrogen) atoms. The smallest absolute Gasteiger partial charge is 0.216 e. The van der Waals surface area contributed by atoms with E-state index in [0.29, 0.717) is 16.2 Å². The summed E-state index contributed by atoms with van der Waals surface area (Å²) in [4.78, 5) is 8.95. The molecule has 4 nitrogen and oxygen atoms in total. The minimum absolute atomic E-state index is 0.457. The summed E-state index contributed by atoms with van der Waals surface area (Å²) >= 11 is 7.98. The van der Waals surface area contributed by atoms with E-state index in [0.717, 1.165) is 35.7 Å². The highest BCUT2D eigenvalue weighted by Crippen LogP contribution is 2.29. The molecule has 0 unspecified atom stereocenters. The molecule has 90 valence electrons. The summed E-state index contributed by atoms with van der Waals surface area (Å²) < 4.78 is 1.66. The van der Waals surface area contributed by atoms with Crippen LogP contribution in [0.15, 0.2) is 5.16 Å². The third kappa shape index (κ3) is 1.91. The second kappa shape index (κ2) is 4.14. The van der Waals surface area contributed by atoms with Gasteiger partial charge < -0.3 is 0 Å². The molecule has 1 aliphatic rings. The topological polar surface area (TPSA) is 43.1 Å². The Hall–Kier alpha value is -0.810. The van der Waals surface area contributed by atoms with E-state index in [1.807, 2.05) is 0 Å². The highest BCUT2D eigenvalue weighted by atomic mass is 35.5. The van der Waals surface area contributed by atoms with Gasteiger partial charge in [0.25, 0.3) is 5.78 Å². The van der Waals surface area contributed by atoms with Crippen LogP contribution >= 0.6 is 23.4 Å². The zero-order chi connectivity index (χ0) is 12.0. The van der Waals surface area contributed by atoms with E-state index in [4.69, 9.17) is 11.6 Å². The van der Waals surface area contributed by atoms with Gasteiger partial charge in [-0.1, -0.05) is 37.2 Å². The number of nitrogens with zero attached hydrogens (tertiary/aromatic N) is 4. The summed E-state index contributed by atoms with van der Waals surface area (Å²) in [6, 6.07) is 0. The van der Waals surface area contributed by atoms with Crippen molar-refractivity contribution in [3.63, 3.8) is 0 Å². The van der Waals surface area contributed by atoms with Crippen LogP contribution in [0.5, 0.6) is 0 Å². The minimum atomic E-state index is 0.457. The largest absolute Gasteiger partial charge is 0.254 e. The van der Waals surface area contributed by atoms with E-state index in [2.05, 4.69) is 28.9 Å². The molecule has 0 aromatic carbocycles. The fourth-order valence-electron chi connectivity index (χ4n) is 2.07. The molecule has 3 rings (SSSR count). The summed E-state index contributed by atoms with van der Waals surface area (Å²) in [5.74, 6) is 0.624. The molecule has 6 heteroatoms. The molecule has 2 aromatic rings. The van der Waals surface area contributed by atoms with Crippen molar-refractivity contribution in [3.05, 3.63) is 16.4 Å². The zero-order valence-electron chi connectivity index (χ0n) is 9.77. The first-order chi connectivity index (χ1) is 8.15. The van der Waals surface area contributed by atoms with Gasteiger partial charge in [0.15, 0.2) is 0 Å². The van der Waals surface area contributed by atoms with Gasteiger partial charge in [0, 0.05) is 10.8 Å². The van der Waals surface area contributed by atoms with Crippen molar-refractivity contribution in [2.75, 3.05) is 0 Å². The van der Waals surface area contributed by atoms with Crippen LogP contribution in [0.1, 0.15) is 31.5 Å². The van der Waals surface area contributed by atoms with Crippen molar-refractivity contribution in [1.29, 1.82) is 0 Å². The van der Waals surface area contributed by atoms with Gasteiger partial charge in [-0.15, -0.1) is 5.10 Å². The van der Waals surface area contributed by atoms with Crippen molar-refractivity contribution in [2.24, 2.45) is 0 Å². The molecule has 2 aromatic heterocycles. The van der Waals surface area contributed by atoms with Gasteiger partial charge in [0.1, 0.15) is 5.15 Å². The molecule has 0 bridgehead atoms. The predicted octanol–water partition coefficient (Wildman–Crippen LogP) is 2.77. The third-order valence-corrected chi connectivity index (χ3v) is 4.01. The summed E-state index contributed by atoms with van der Waals surface area (Å²) in [7, 11) is 0. The first-order valence-corrected chi connectivity index (χ1v) is 7.01. The first-order valence-electron chi connectivity index (χ1n) is 5.76. The zero-order valence-corrected chi connectivity index (χ0v) is 11.3. The number of hydrogen-bond donors (Lipinski definition) is 0. The number of aromatic nitrogens is 4. The second-order valence-corrected chi connectivity index (χ2v) is 6.36. The fourth-order valence-corrected chi connectivity index (χ4v) is 3.07. The maximum absolute atomic E-state index is 6.35. The molecule has 0 aliphatic heterocycles. The van der Waals surface area contributed by atoms with Crippen LogP contribution in [-0.2, 0) is 12.8 Å². The molecule has 1 aliphatic carbocycles. The van der Waals surface area contributed by atoms with Crippen LogP contribution in [0.25, 0.3) is 5.78 Å². The minimum Gasteiger partial charge on any atom is -0.216 e. The number of rotatable bonds is 2. The molecule has 0 saturated heterocycles. The lowest BCUT2D eigenvalue weighted by atomic mass is 10.3. The lowest BCUT2D eigenvalue weighted by Crippen LogP contribution is -1.99. The van der Waals surface area contributed by atoms with Gasteiger partial charge in [-0.05, 0) is 19.3 Å². The number of halogens is 1. The molecule has 0 atom stereocenters. The van der Waals surface area contributed by atoms with Crippen LogP contribution < -0.4 is 0 Å². The number of fused-ring (bicyclic) bond motifs is 2. The average Bonchev–Trinajstić information content (AvgIpc) is 2.83. The van der Waals surface area contributed by atoms with Crippen molar-refractivity contribution in [2.45, 2.75) is 43.5 Å². The van der Waals surface area contributed by atoms with Gasteiger partial charge in [0.05, 0.1) is 5.69 Å². The molecule has 0 N–H and O–H groups in total. The summed E-state index contributed by atoms with van der Waals surface area (Å²) in [5.41, 5.74) is 2.24. The molecule has 0 spiro atoms. The fraction of sp³-hybridized carbons (Fsp3) is 0.545. The normalized spacial score (nSPS) is 14.8. The highest BCUT2D eigenvalue weighted by Gasteiger charge is 2.20. The van der Waals surface area contributed by atoms with Crippen LogP contribution in [0.3, 0.4) is 0 Å². The standard InChI is InChI=1S/C11H13ClN4S/c1-6(2)17-11-14-10-13-8-5-3-4-7(8)9(12)16(10)15-11/h6H,3-5H2,1-2H3. The second-order valence-electron chi connectivity index (χ2n) is 4.45. The van der Waals surface area contributed by atoms with Gasteiger partial charge in [-0.25, -0.2) is 4.98 Å². The molecule has 0 saturated carbocycles. The van der Waals surface area contributed by atoms with Crippen LogP contribution in [0.2, 0.25) is 5.15 Å². The third-order valence-electron chi connectivity index (χ3n) is 2.77. The number of hydrogen-bond acceptors (Lipinski definition) is 4. The van der Waals surface area contributed by atoms with Gasteiger partial charge in [-0.3, -0.25) is 0 Å². The van der Waals surface area contributed by atoms with E-state index < -0.39 is 0 Å². The van der Waals surface area contributed by atoms with E-state index >= 15 is 0 Å². The molecule has 0 fully saturated rings. The number of aryl methyl sites for hydroxylation is 1. The average molecular weight is 269 g/mol. The Kier molecular flexibility index (Phi) is 2.75. The van der Waals surface area contributed by atoms with Gasteiger partial charge >= 0.3 is 0 Å². The van der Waals surface area contributed by atoms with Crippen molar-refractivity contribution in [3.8, 4) is 0 Å².